The lowest BCUT2D eigenvalue weighted by Gasteiger charge is -2.14. The van der Waals surface area contributed by atoms with Gasteiger partial charge in [-0.3, -0.25) is 9.36 Å². The maximum atomic E-state index is 13.3. The van der Waals surface area contributed by atoms with E-state index >= 15 is 0 Å². The number of anilines is 2. The molecule has 0 aliphatic rings. The van der Waals surface area contributed by atoms with Crippen LogP contribution in [0.5, 0.6) is 0 Å². The van der Waals surface area contributed by atoms with Crippen molar-refractivity contribution in [3.63, 3.8) is 0 Å². The second kappa shape index (κ2) is 8.41. The number of nitrogens with two attached hydrogens (primary N) is 1. The first-order valence-corrected chi connectivity index (χ1v) is 10.3. The lowest BCUT2D eigenvalue weighted by molar-refractivity contribution is 0.817. The van der Waals surface area contributed by atoms with E-state index in [2.05, 4.69) is 21.0 Å². The van der Waals surface area contributed by atoms with Crippen molar-refractivity contribution >= 4 is 34.6 Å². The van der Waals surface area contributed by atoms with Crippen LogP contribution in [0.15, 0.2) is 58.5 Å². The normalized spacial score (nSPS) is 10.7. The molecule has 0 amide bonds. The molecule has 0 aliphatic carbocycles. The fourth-order valence-electron chi connectivity index (χ4n) is 2.94. The van der Waals surface area contributed by atoms with Gasteiger partial charge in [0.15, 0.2) is 5.16 Å². The predicted molar refractivity (Wildman–Crippen MR) is 120 cm³/mol. The highest BCUT2D eigenvalue weighted by Crippen LogP contribution is 2.24. The van der Waals surface area contributed by atoms with Gasteiger partial charge >= 0.3 is 0 Å². The number of para-hydroxylation sites is 1. The van der Waals surface area contributed by atoms with Crippen molar-refractivity contribution in [3.05, 3.63) is 70.3 Å². The Hall–Kier alpha value is -3.97. The van der Waals surface area contributed by atoms with Gasteiger partial charge in [0.2, 0.25) is 11.9 Å². The molecule has 154 valence electrons. The molecule has 2 aromatic heterocycles. The van der Waals surface area contributed by atoms with Gasteiger partial charge in [-0.15, -0.1) is 0 Å². The van der Waals surface area contributed by atoms with Gasteiger partial charge in [-0.2, -0.15) is 20.2 Å². The minimum absolute atomic E-state index is 0.130. The van der Waals surface area contributed by atoms with Crippen LogP contribution in [-0.4, -0.2) is 38.6 Å². The predicted octanol–water partition coefficient (Wildman–Crippen LogP) is 2.38. The summed E-state index contributed by atoms with van der Waals surface area (Å²) in [7, 11) is 3.64. The van der Waals surface area contributed by atoms with Crippen molar-refractivity contribution < 1.29 is 0 Å². The summed E-state index contributed by atoms with van der Waals surface area (Å²) in [6.07, 6.45) is 0. The van der Waals surface area contributed by atoms with Crippen LogP contribution in [-0.2, 0) is 5.75 Å². The van der Waals surface area contributed by atoms with E-state index in [1.54, 1.807) is 47.4 Å². The number of rotatable bonds is 5. The van der Waals surface area contributed by atoms with Crippen LogP contribution in [0, 0.1) is 11.3 Å². The zero-order valence-corrected chi connectivity index (χ0v) is 17.7. The summed E-state index contributed by atoms with van der Waals surface area (Å²) in [5.41, 5.74) is 7.36. The SMILES string of the molecule is CN(C)c1nc(N)nc(CSc2nc3ccccc3c(=O)n2-c2ccc(C#N)cc2)n1. The quantitative estimate of drug-likeness (QED) is 0.375. The molecule has 0 saturated heterocycles. The van der Waals surface area contributed by atoms with Gasteiger partial charge in [-0.25, -0.2) is 4.98 Å². The minimum atomic E-state index is -0.193. The summed E-state index contributed by atoms with van der Waals surface area (Å²) in [4.78, 5) is 32.4. The largest absolute Gasteiger partial charge is 0.368 e. The van der Waals surface area contributed by atoms with Crippen LogP contribution in [0.25, 0.3) is 16.6 Å². The molecule has 10 heteroatoms. The number of fused-ring (bicyclic) bond motifs is 1. The maximum Gasteiger partial charge on any atom is 0.266 e. The first-order valence-electron chi connectivity index (χ1n) is 9.29. The standard InChI is InChI=1S/C21H18N8OS/c1-28(2)20-26-17(25-19(23)27-20)12-31-21-24-16-6-4-3-5-15(16)18(30)29(21)14-9-7-13(11-22)8-10-14/h3-10H,12H2,1-2H3,(H2,23,25,26,27). The van der Waals surface area contributed by atoms with Crippen molar-refractivity contribution in [1.82, 2.24) is 24.5 Å². The van der Waals surface area contributed by atoms with Crippen LogP contribution in [0.2, 0.25) is 0 Å². The molecule has 0 atom stereocenters. The molecule has 9 nitrogen and oxygen atoms in total. The first-order chi connectivity index (χ1) is 15.0. The molecule has 0 bridgehead atoms. The molecular weight excluding hydrogens is 412 g/mol. The number of benzene rings is 2. The molecule has 0 radical (unpaired) electrons. The van der Waals surface area contributed by atoms with Crippen LogP contribution in [0.1, 0.15) is 11.4 Å². The molecule has 31 heavy (non-hydrogen) atoms. The Balaban J connectivity index is 1.79. The maximum absolute atomic E-state index is 13.3. The van der Waals surface area contributed by atoms with E-state index in [-0.39, 0.29) is 11.5 Å². The molecule has 2 aromatic carbocycles. The van der Waals surface area contributed by atoms with Crippen molar-refractivity contribution in [2.75, 3.05) is 24.7 Å². The van der Waals surface area contributed by atoms with Crippen LogP contribution in [0.4, 0.5) is 11.9 Å². The molecule has 0 aliphatic heterocycles. The van der Waals surface area contributed by atoms with Crippen molar-refractivity contribution in [2.45, 2.75) is 10.9 Å². The number of nitrogen functional groups attached to an aromatic ring is 1. The number of nitrogens with zero attached hydrogens (tertiary/aromatic N) is 7. The highest BCUT2D eigenvalue weighted by molar-refractivity contribution is 7.98. The van der Waals surface area contributed by atoms with E-state index in [0.717, 1.165) is 0 Å². The van der Waals surface area contributed by atoms with Crippen LogP contribution < -0.4 is 16.2 Å². The van der Waals surface area contributed by atoms with Gasteiger partial charge in [-0.1, -0.05) is 23.9 Å². The van der Waals surface area contributed by atoms with Gasteiger partial charge in [0.05, 0.1) is 34.0 Å². The van der Waals surface area contributed by atoms with E-state index in [1.165, 1.54) is 16.3 Å². The Bertz CT molecular complexity index is 1360. The Morgan fingerprint density at radius 1 is 1.06 bits per heavy atom. The zero-order valence-electron chi connectivity index (χ0n) is 16.9. The van der Waals surface area contributed by atoms with E-state index in [0.29, 0.717) is 44.8 Å². The average molecular weight is 430 g/mol. The number of aromatic nitrogens is 5. The molecular formula is C21H18N8OS. The van der Waals surface area contributed by atoms with Gasteiger partial charge < -0.3 is 10.6 Å². The molecule has 2 heterocycles. The monoisotopic (exact) mass is 430 g/mol. The topological polar surface area (TPSA) is 127 Å². The van der Waals surface area contributed by atoms with Gasteiger partial charge in [0, 0.05) is 14.1 Å². The number of thioether (sulfide) groups is 1. The first kappa shape index (κ1) is 20.3. The number of hydrogen-bond donors (Lipinski definition) is 1. The Morgan fingerprint density at radius 2 is 1.81 bits per heavy atom. The summed E-state index contributed by atoms with van der Waals surface area (Å²) < 4.78 is 1.53. The summed E-state index contributed by atoms with van der Waals surface area (Å²) in [6, 6.07) is 16.1. The van der Waals surface area contributed by atoms with Gasteiger partial charge in [0.25, 0.3) is 5.56 Å². The fourth-order valence-corrected chi connectivity index (χ4v) is 3.81. The minimum Gasteiger partial charge on any atom is -0.368 e. The lowest BCUT2D eigenvalue weighted by atomic mass is 10.2. The molecule has 0 unspecified atom stereocenters. The van der Waals surface area contributed by atoms with Crippen LogP contribution in [0.3, 0.4) is 0 Å². The fraction of sp³-hybridized carbons (Fsp3) is 0.143. The Labute approximate surface area is 182 Å². The summed E-state index contributed by atoms with van der Waals surface area (Å²) >= 11 is 1.32. The van der Waals surface area contributed by atoms with E-state index in [9.17, 15) is 4.79 Å². The second-order valence-electron chi connectivity index (χ2n) is 6.80. The van der Waals surface area contributed by atoms with Crippen molar-refractivity contribution in [2.24, 2.45) is 0 Å². The van der Waals surface area contributed by atoms with Crippen LogP contribution >= 0.6 is 11.8 Å². The molecule has 2 N–H and O–H groups in total. The van der Waals surface area contributed by atoms with Gasteiger partial charge in [0.1, 0.15) is 5.82 Å². The third kappa shape index (κ3) is 4.17. The van der Waals surface area contributed by atoms with E-state index in [4.69, 9.17) is 16.0 Å². The third-order valence-electron chi connectivity index (χ3n) is 4.42. The lowest BCUT2D eigenvalue weighted by Crippen LogP contribution is -2.22. The average Bonchev–Trinajstić information content (AvgIpc) is 2.77. The molecule has 4 rings (SSSR count). The molecule has 0 fully saturated rings. The Kier molecular flexibility index (Phi) is 5.51. The molecule has 4 aromatic rings. The Morgan fingerprint density at radius 3 is 2.52 bits per heavy atom. The molecule has 0 saturated carbocycles. The van der Waals surface area contributed by atoms with E-state index in [1.807, 2.05) is 20.2 Å². The second-order valence-corrected chi connectivity index (χ2v) is 7.75. The summed E-state index contributed by atoms with van der Waals surface area (Å²) in [5.74, 6) is 1.41. The third-order valence-corrected chi connectivity index (χ3v) is 5.35. The van der Waals surface area contributed by atoms with Gasteiger partial charge in [-0.05, 0) is 36.4 Å². The smallest absolute Gasteiger partial charge is 0.266 e. The highest BCUT2D eigenvalue weighted by atomic mass is 32.2. The summed E-state index contributed by atoms with van der Waals surface area (Å²) in [5, 5.41) is 10.1. The molecule has 0 spiro atoms. The van der Waals surface area contributed by atoms with Crippen molar-refractivity contribution in [1.29, 1.82) is 5.26 Å². The summed E-state index contributed by atoms with van der Waals surface area (Å²) in [6.45, 7) is 0. The van der Waals surface area contributed by atoms with Crippen molar-refractivity contribution in [3.8, 4) is 11.8 Å². The highest BCUT2D eigenvalue weighted by Gasteiger charge is 2.15. The zero-order chi connectivity index (χ0) is 22.0. The number of hydrogen-bond acceptors (Lipinski definition) is 9. The van der Waals surface area contributed by atoms with E-state index < -0.39 is 0 Å². The number of nitriles is 1.